The number of carbonyl (C=O) groups excluding carboxylic acids is 2. The summed E-state index contributed by atoms with van der Waals surface area (Å²) >= 11 is 0. The Morgan fingerprint density at radius 1 is 1.17 bits per heavy atom. The first kappa shape index (κ1) is 23.3. The van der Waals surface area contributed by atoms with Crippen LogP contribution in [0.2, 0.25) is 0 Å². The van der Waals surface area contributed by atoms with Crippen LogP contribution < -0.4 is 5.32 Å². The number of ketones is 1. The summed E-state index contributed by atoms with van der Waals surface area (Å²) in [6, 6.07) is 6.17. The van der Waals surface area contributed by atoms with Gasteiger partial charge in [-0.05, 0) is 69.7 Å². The Hall–Kier alpha value is -3.49. The molecule has 1 aliphatic heterocycles. The maximum atomic E-state index is 12.7. The number of amides is 1. The van der Waals surface area contributed by atoms with Crippen LogP contribution in [0.25, 0.3) is 5.65 Å². The number of fused-ring (bicyclic) bond motifs is 2. The number of ether oxygens (including phenoxy) is 1. The molecule has 1 saturated heterocycles. The molecule has 3 aromatic rings. The molecule has 0 bridgehead atoms. The van der Waals surface area contributed by atoms with Crippen LogP contribution >= 0.6 is 0 Å². The Morgan fingerprint density at radius 3 is 2.86 bits per heavy atom. The Labute approximate surface area is 204 Å². The Morgan fingerprint density at radius 2 is 2.03 bits per heavy atom. The first-order chi connectivity index (χ1) is 16.7. The lowest BCUT2D eigenvalue weighted by atomic mass is 9.95. The summed E-state index contributed by atoms with van der Waals surface area (Å²) in [6.07, 6.45) is 7.87. The van der Waals surface area contributed by atoms with E-state index in [1.165, 1.54) is 11.9 Å². The molecule has 1 aliphatic carbocycles. The smallest absolute Gasteiger partial charge is 0.410 e. The van der Waals surface area contributed by atoms with Gasteiger partial charge in [-0.1, -0.05) is 6.07 Å². The van der Waals surface area contributed by atoms with Crippen molar-refractivity contribution in [3.63, 3.8) is 0 Å². The number of aromatic nitrogens is 4. The molecule has 1 N–H and O–H groups in total. The molecule has 35 heavy (non-hydrogen) atoms. The van der Waals surface area contributed by atoms with Gasteiger partial charge >= 0.3 is 6.09 Å². The molecule has 9 nitrogen and oxygen atoms in total. The molecule has 0 saturated carbocycles. The highest BCUT2D eigenvalue weighted by Crippen LogP contribution is 2.30. The van der Waals surface area contributed by atoms with Gasteiger partial charge in [-0.25, -0.2) is 19.3 Å². The van der Waals surface area contributed by atoms with Crippen LogP contribution in [-0.4, -0.2) is 55.0 Å². The highest BCUT2D eigenvalue weighted by Gasteiger charge is 2.30. The number of anilines is 2. The number of nitrogens with one attached hydrogen (secondary N) is 1. The first-order valence-electron chi connectivity index (χ1n) is 12.3. The molecule has 1 amide bonds. The van der Waals surface area contributed by atoms with E-state index in [4.69, 9.17) is 9.72 Å². The van der Waals surface area contributed by atoms with Crippen LogP contribution in [0.15, 0.2) is 30.7 Å². The summed E-state index contributed by atoms with van der Waals surface area (Å²) < 4.78 is 7.31. The molecular weight excluding hydrogens is 444 g/mol. The molecule has 184 valence electrons. The summed E-state index contributed by atoms with van der Waals surface area (Å²) in [5.74, 6) is 0.956. The zero-order chi connectivity index (χ0) is 24.6. The van der Waals surface area contributed by atoms with E-state index in [1.54, 1.807) is 9.42 Å². The van der Waals surface area contributed by atoms with Crippen molar-refractivity contribution >= 4 is 29.0 Å². The molecule has 1 atom stereocenters. The van der Waals surface area contributed by atoms with E-state index in [-0.39, 0.29) is 17.8 Å². The quantitative estimate of drug-likeness (QED) is 0.558. The van der Waals surface area contributed by atoms with E-state index in [0.29, 0.717) is 37.4 Å². The van der Waals surface area contributed by atoms with Crippen molar-refractivity contribution in [2.75, 3.05) is 18.4 Å². The van der Waals surface area contributed by atoms with Crippen LogP contribution in [0.1, 0.15) is 69.2 Å². The normalized spacial score (nSPS) is 18.8. The van der Waals surface area contributed by atoms with E-state index in [9.17, 15) is 9.59 Å². The molecule has 0 radical (unpaired) electrons. The van der Waals surface area contributed by atoms with Gasteiger partial charge in [0.1, 0.15) is 17.7 Å². The van der Waals surface area contributed by atoms with Gasteiger partial charge in [-0.15, -0.1) is 0 Å². The standard InChI is InChI=1S/C26H32N6O3/c1-26(2,3)35-25(34)31-11-5-7-18(14-31)22-15-32-24(27-16-28-32)23(30-22)29-20-10-9-17-6-4-8-21(33)13-19(17)12-20/h9-10,12,15-16,18H,4-8,11,13-14H2,1-3H3,(H,29,30). The Kier molecular flexibility index (Phi) is 6.17. The minimum atomic E-state index is -0.530. The molecule has 5 rings (SSSR count). The fraction of sp³-hybridized carbons (Fsp3) is 0.500. The lowest BCUT2D eigenvalue weighted by Crippen LogP contribution is -2.42. The number of carbonyl (C=O) groups is 2. The van der Waals surface area contributed by atoms with Crippen LogP contribution in [0, 0.1) is 0 Å². The van der Waals surface area contributed by atoms with Gasteiger partial charge in [0.2, 0.25) is 0 Å². The minimum Gasteiger partial charge on any atom is -0.444 e. The Bertz CT molecular complexity index is 1260. The van der Waals surface area contributed by atoms with Crippen LogP contribution in [0.3, 0.4) is 0 Å². The third-order valence-electron chi connectivity index (χ3n) is 6.53. The molecule has 2 aromatic heterocycles. The second-order valence-corrected chi connectivity index (χ2v) is 10.5. The van der Waals surface area contributed by atoms with Gasteiger partial charge < -0.3 is 15.0 Å². The second-order valence-electron chi connectivity index (χ2n) is 10.5. The molecule has 3 heterocycles. The monoisotopic (exact) mass is 476 g/mol. The van der Waals surface area contributed by atoms with E-state index < -0.39 is 5.60 Å². The second kappa shape index (κ2) is 9.28. The zero-order valence-corrected chi connectivity index (χ0v) is 20.6. The number of rotatable bonds is 3. The molecule has 2 aliphatic rings. The van der Waals surface area contributed by atoms with Gasteiger partial charge in [0.05, 0.1) is 11.9 Å². The number of aryl methyl sites for hydroxylation is 1. The SMILES string of the molecule is CC(C)(C)OC(=O)N1CCCC(c2cn3ncnc3c(Nc3ccc4c(c3)CC(=O)CCC4)n2)C1. The molecule has 1 unspecified atom stereocenters. The van der Waals surface area contributed by atoms with Gasteiger partial charge in [0.15, 0.2) is 11.5 Å². The van der Waals surface area contributed by atoms with Gasteiger partial charge in [0.25, 0.3) is 0 Å². The number of hydrogen-bond donors (Lipinski definition) is 1. The first-order valence-corrected chi connectivity index (χ1v) is 12.3. The summed E-state index contributed by atoms with van der Waals surface area (Å²) in [4.78, 5) is 35.9. The maximum Gasteiger partial charge on any atom is 0.410 e. The molecule has 9 heteroatoms. The highest BCUT2D eigenvalue weighted by atomic mass is 16.6. The summed E-state index contributed by atoms with van der Waals surface area (Å²) in [6.45, 7) is 6.85. The fourth-order valence-electron chi connectivity index (χ4n) is 4.86. The van der Waals surface area contributed by atoms with Crippen molar-refractivity contribution in [2.45, 2.75) is 70.8 Å². The summed E-state index contributed by atoms with van der Waals surface area (Å²) in [7, 11) is 0. The van der Waals surface area contributed by atoms with E-state index in [0.717, 1.165) is 42.6 Å². The van der Waals surface area contributed by atoms with E-state index in [1.807, 2.05) is 39.1 Å². The van der Waals surface area contributed by atoms with Crippen molar-refractivity contribution in [2.24, 2.45) is 0 Å². The molecule has 1 aromatic carbocycles. The fourth-order valence-corrected chi connectivity index (χ4v) is 4.86. The molecule has 1 fully saturated rings. The van der Waals surface area contributed by atoms with Crippen LogP contribution in [0.5, 0.6) is 0 Å². The van der Waals surface area contributed by atoms with Crippen molar-refractivity contribution in [1.82, 2.24) is 24.5 Å². The van der Waals surface area contributed by atoms with E-state index in [2.05, 4.69) is 21.5 Å². The predicted octanol–water partition coefficient (Wildman–Crippen LogP) is 4.43. The molecular formula is C26H32N6O3. The van der Waals surface area contributed by atoms with Crippen molar-refractivity contribution in [3.05, 3.63) is 47.5 Å². The van der Waals surface area contributed by atoms with E-state index >= 15 is 0 Å². The average Bonchev–Trinajstić information content (AvgIpc) is 3.20. The van der Waals surface area contributed by atoms with Crippen LogP contribution in [-0.2, 0) is 22.4 Å². The lowest BCUT2D eigenvalue weighted by Gasteiger charge is -2.34. The van der Waals surface area contributed by atoms with Crippen molar-refractivity contribution in [1.29, 1.82) is 0 Å². The predicted molar refractivity (Wildman–Crippen MR) is 132 cm³/mol. The Balaban J connectivity index is 1.41. The third kappa shape index (κ3) is 5.28. The summed E-state index contributed by atoms with van der Waals surface area (Å²) in [5, 5.41) is 7.76. The van der Waals surface area contributed by atoms with Gasteiger partial charge in [0, 0.05) is 37.5 Å². The topological polar surface area (TPSA) is 102 Å². The van der Waals surface area contributed by atoms with Gasteiger partial charge in [-0.3, -0.25) is 4.79 Å². The summed E-state index contributed by atoms with van der Waals surface area (Å²) in [5.41, 5.74) is 4.12. The van der Waals surface area contributed by atoms with Crippen molar-refractivity contribution in [3.8, 4) is 0 Å². The van der Waals surface area contributed by atoms with Gasteiger partial charge in [-0.2, -0.15) is 5.10 Å². The maximum absolute atomic E-state index is 12.7. The number of likely N-dealkylation sites (tertiary alicyclic amines) is 1. The number of benzene rings is 1. The lowest BCUT2D eigenvalue weighted by molar-refractivity contribution is -0.118. The third-order valence-corrected chi connectivity index (χ3v) is 6.53. The molecule has 0 spiro atoms. The van der Waals surface area contributed by atoms with Crippen LogP contribution in [0.4, 0.5) is 16.3 Å². The average molecular weight is 477 g/mol. The largest absolute Gasteiger partial charge is 0.444 e. The highest BCUT2D eigenvalue weighted by molar-refractivity contribution is 5.82. The van der Waals surface area contributed by atoms with Crippen molar-refractivity contribution < 1.29 is 14.3 Å². The number of nitrogens with zero attached hydrogens (tertiary/aromatic N) is 5. The number of piperidine rings is 1. The zero-order valence-electron chi connectivity index (χ0n) is 20.6. The number of Topliss-reactive ketones (excluding diaryl/α,β-unsaturated/α-hetero) is 1. The minimum absolute atomic E-state index is 0.0649. The number of hydrogen-bond acceptors (Lipinski definition) is 7.